The van der Waals surface area contributed by atoms with Crippen molar-refractivity contribution in [2.24, 2.45) is 5.92 Å². The quantitative estimate of drug-likeness (QED) is 0.793. The van der Waals surface area contributed by atoms with Gasteiger partial charge in [-0.05, 0) is 18.4 Å². The summed E-state index contributed by atoms with van der Waals surface area (Å²) in [4.78, 5) is 23.6. The van der Waals surface area contributed by atoms with Gasteiger partial charge in [-0.1, -0.05) is 0 Å². The number of pyridine rings is 1. The Labute approximate surface area is 132 Å². The number of imidazole rings is 1. The summed E-state index contributed by atoms with van der Waals surface area (Å²) < 4.78 is 2.07. The highest BCUT2D eigenvalue weighted by molar-refractivity contribution is 6.01. The van der Waals surface area contributed by atoms with E-state index in [1.165, 1.54) is 0 Å². The zero-order valence-electron chi connectivity index (χ0n) is 12.6. The first-order chi connectivity index (χ1) is 11.3. The number of ketones is 1. The van der Waals surface area contributed by atoms with Gasteiger partial charge in [0.2, 0.25) is 0 Å². The summed E-state index contributed by atoms with van der Waals surface area (Å²) in [6.45, 7) is 1.68. The maximum atomic E-state index is 11.7. The van der Waals surface area contributed by atoms with Crippen molar-refractivity contribution < 1.29 is 4.79 Å². The van der Waals surface area contributed by atoms with E-state index >= 15 is 0 Å². The minimum Gasteiger partial charge on any atom is -0.346 e. The average Bonchev–Trinajstić information content (AvgIpc) is 3.24. The summed E-state index contributed by atoms with van der Waals surface area (Å²) in [5.41, 5.74) is 2.75. The van der Waals surface area contributed by atoms with Crippen LogP contribution in [0.1, 0.15) is 19.3 Å². The van der Waals surface area contributed by atoms with Crippen LogP contribution >= 0.6 is 0 Å². The Morgan fingerprint density at radius 2 is 2.39 bits per heavy atom. The van der Waals surface area contributed by atoms with E-state index in [1.807, 2.05) is 24.7 Å². The van der Waals surface area contributed by atoms with E-state index in [9.17, 15) is 4.79 Å². The molecule has 0 bridgehead atoms. The molecule has 1 unspecified atom stereocenters. The van der Waals surface area contributed by atoms with Crippen LogP contribution in [0.15, 0.2) is 24.8 Å². The van der Waals surface area contributed by atoms with Gasteiger partial charge < -0.3 is 9.99 Å². The first-order valence-electron chi connectivity index (χ1n) is 7.69. The van der Waals surface area contributed by atoms with Gasteiger partial charge in [-0.15, -0.1) is 0 Å². The number of fused-ring (bicyclic) bond motifs is 3. The second kappa shape index (κ2) is 5.39. The van der Waals surface area contributed by atoms with E-state index in [0.717, 1.165) is 41.6 Å². The van der Waals surface area contributed by atoms with Crippen LogP contribution in [-0.4, -0.2) is 38.5 Å². The molecule has 23 heavy (non-hydrogen) atoms. The highest BCUT2D eigenvalue weighted by Gasteiger charge is 2.26. The lowest BCUT2D eigenvalue weighted by atomic mass is 10.0. The number of H-pyrrole nitrogens is 1. The third kappa shape index (κ3) is 2.32. The molecule has 0 spiro atoms. The van der Waals surface area contributed by atoms with Crippen molar-refractivity contribution in [1.82, 2.24) is 19.6 Å². The minimum atomic E-state index is 0.0140. The second-order valence-electron chi connectivity index (χ2n) is 5.97. The Bertz CT molecular complexity index is 918. The molecule has 0 aromatic carbocycles. The molecule has 7 nitrogen and oxygen atoms in total. The number of carbonyl (C=O) groups excluding carboxylic acids is 1. The monoisotopic (exact) mass is 308 g/mol. The molecule has 3 aromatic rings. The molecule has 0 saturated carbocycles. The molecule has 1 aliphatic rings. The fourth-order valence-electron chi connectivity index (χ4n) is 3.36. The Hall–Kier alpha value is -2.88. The Kier molecular flexibility index (Phi) is 3.23. The van der Waals surface area contributed by atoms with Crippen molar-refractivity contribution in [2.45, 2.75) is 19.3 Å². The van der Waals surface area contributed by atoms with E-state index in [2.05, 4.69) is 24.6 Å². The first-order valence-corrected chi connectivity index (χ1v) is 7.69. The van der Waals surface area contributed by atoms with E-state index in [0.29, 0.717) is 12.3 Å². The molecule has 0 amide bonds. The van der Waals surface area contributed by atoms with Gasteiger partial charge in [0.1, 0.15) is 28.8 Å². The SMILES string of the molecule is N#CCC(=O)CC1CCN(n2cnc3cnc4[nH]ccc4c32)C1. The second-order valence-corrected chi connectivity index (χ2v) is 5.97. The zero-order valence-corrected chi connectivity index (χ0v) is 12.6. The van der Waals surface area contributed by atoms with Gasteiger partial charge in [0.25, 0.3) is 0 Å². The van der Waals surface area contributed by atoms with Crippen LogP contribution in [0.2, 0.25) is 0 Å². The molecule has 116 valence electrons. The average molecular weight is 308 g/mol. The maximum Gasteiger partial charge on any atom is 0.147 e. The summed E-state index contributed by atoms with van der Waals surface area (Å²) in [7, 11) is 0. The molecule has 1 atom stereocenters. The van der Waals surface area contributed by atoms with E-state index in [4.69, 9.17) is 5.26 Å². The summed E-state index contributed by atoms with van der Waals surface area (Å²) in [5, 5.41) is 11.9. The van der Waals surface area contributed by atoms with Crippen molar-refractivity contribution in [3.8, 4) is 6.07 Å². The lowest BCUT2D eigenvalue weighted by Gasteiger charge is -2.20. The van der Waals surface area contributed by atoms with Gasteiger partial charge in [-0.3, -0.25) is 4.79 Å². The number of aromatic amines is 1. The number of hydrogen-bond acceptors (Lipinski definition) is 5. The molecule has 4 rings (SSSR count). The molecule has 7 heteroatoms. The number of aromatic nitrogens is 4. The van der Waals surface area contributed by atoms with Crippen molar-refractivity contribution in [3.63, 3.8) is 0 Å². The molecule has 1 fully saturated rings. The molecular formula is C16H16N6O. The largest absolute Gasteiger partial charge is 0.346 e. The molecule has 3 aromatic heterocycles. The number of nitrogens with zero attached hydrogens (tertiary/aromatic N) is 5. The Balaban J connectivity index is 1.62. The summed E-state index contributed by atoms with van der Waals surface area (Å²) in [5.74, 6) is 0.337. The smallest absolute Gasteiger partial charge is 0.147 e. The van der Waals surface area contributed by atoms with Crippen molar-refractivity contribution in [3.05, 3.63) is 24.8 Å². The van der Waals surface area contributed by atoms with Crippen molar-refractivity contribution in [1.29, 1.82) is 5.26 Å². The Morgan fingerprint density at radius 3 is 3.26 bits per heavy atom. The van der Waals surface area contributed by atoms with Gasteiger partial charge >= 0.3 is 0 Å². The normalized spacial score (nSPS) is 17.9. The van der Waals surface area contributed by atoms with Gasteiger partial charge in [0.15, 0.2) is 0 Å². The molecular weight excluding hydrogens is 292 g/mol. The number of hydrogen-bond donors (Lipinski definition) is 1. The molecule has 1 N–H and O–H groups in total. The summed E-state index contributed by atoms with van der Waals surface area (Å²) in [6, 6.07) is 3.94. The van der Waals surface area contributed by atoms with E-state index < -0.39 is 0 Å². The first kappa shape index (κ1) is 13.8. The molecule has 0 radical (unpaired) electrons. The van der Waals surface area contributed by atoms with Crippen LogP contribution in [0.25, 0.3) is 22.1 Å². The molecule has 1 aliphatic heterocycles. The number of nitriles is 1. The predicted octanol–water partition coefficient (Wildman–Crippen LogP) is 1.74. The number of rotatable bonds is 4. The molecule has 1 saturated heterocycles. The van der Waals surface area contributed by atoms with Gasteiger partial charge in [0, 0.05) is 31.1 Å². The highest BCUT2D eigenvalue weighted by Crippen LogP contribution is 2.26. The Morgan fingerprint density at radius 1 is 1.48 bits per heavy atom. The van der Waals surface area contributed by atoms with Gasteiger partial charge in [-0.2, -0.15) is 5.26 Å². The third-order valence-electron chi connectivity index (χ3n) is 4.44. The third-order valence-corrected chi connectivity index (χ3v) is 4.44. The van der Waals surface area contributed by atoms with Crippen LogP contribution in [0.5, 0.6) is 0 Å². The van der Waals surface area contributed by atoms with Gasteiger partial charge in [0.05, 0.1) is 18.7 Å². The predicted molar refractivity (Wildman–Crippen MR) is 85.3 cm³/mol. The standard InChI is InChI=1S/C16H16N6O/c17-4-1-12(23)7-11-3-6-21(9-11)22-10-20-14-8-19-16-13(15(14)22)2-5-18-16/h2,5,8,10-11H,1,3,6-7,9H2,(H,18,19). The number of carbonyl (C=O) groups is 1. The summed E-state index contributed by atoms with van der Waals surface area (Å²) >= 11 is 0. The van der Waals surface area contributed by atoms with Crippen molar-refractivity contribution in [2.75, 3.05) is 18.1 Å². The minimum absolute atomic E-state index is 0.0140. The zero-order chi connectivity index (χ0) is 15.8. The topological polar surface area (TPSA) is 90.6 Å². The van der Waals surface area contributed by atoms with Crippen LogP contribution < -0.4 is 5.01 Å². The van der Waals surface area contributed by atoms with Crippen LogP contribution in [0.3, 0.4) is 0 Å². The number of Topliss-reactive ketones (excluding diaryl/α,β-unsaturated/α-hetero) is 1. The maximum absolute atomic E-state index is 11.7. The lowest BCUT2D eigenvalue weighted by molar-refractivity contribution is -0.118. The highest BCUT2D eigenvalue weighted by atomic mass is 16.1. The van der Waals surface area contributed by atoms with Crippen molar-refractivity contribution >= 4 is 27.9 Å². The molecule has 0 aliphatic carbocycles. The van der Waals surface area contributed by atoms with Crippen LogP contribution in [0, 0.1) is 17.2 Å². The molecule has 4 heterocycles. The van der Waals surface area contributed by atoms with Crippen LogP contribution in [0.4, 0.5) is 0 Å². The summed E-state index contributed by atoms with van der Waals surface area (Å²) in [6.07, 6.45) is 6.92. The fourth-order valence-corrected chi connectivity index (χ4v) is 3.36. The number of nitrogens with one attached hydrogen (secondary N) is 1. The fraction of sp³-hybridized carbons (Fsp3) is 0.375. The van der Waals surface area contributed by atoms with E-state index in [-0.39, 0.29) is 12.2 Å². The van der Waals surface area contributed by atoms with Gasteiger partial charge in [-0.25, -0.2) is 14.6 Å². The van der Waals surface area contributed by atoms with Crippen LogP contribution in [-0.2, 0) is 4.79 Å². The van der Waals surface area contributed by atoms with E-state index in [1.54, 1.807) is 6.20 Å². The lowest BCUT2D eigenvalue weighted by Crippen LogP contribution is -2.31.